The van der Waals surface area contributed by atoms with Gasteiger partial charge < -0.3 is 15.4 Å². The summed E-state index contributed by atoms with van der Waals surface area (Å²) in [5.74, 6) is 1.92. The Morgan fingerprint density at radius 1 is 1.26 bits per heavy atom. The third kappa shape index (κ3) is 4.30. The van der Waals surface area contributed by atoms with Crippen LogP contribution in [0.2, 0.25) is 0 Å². The van der Waals surface area contributed by atoms with E-state index in [4.69, 9.17) is 10.5 Å². The van der Waals surface area contributed by atoms with Gasteiger partial charge >= 0.3 is 0 Å². The maximum Gasteiger partial charge on any atom is 0.239 e. The van der Waals surface area contributed by atoms with Gasteiger partial charge in [0.2, 0.25) is 5.88 Å². The summed E-state index contributed by atoms with van der Waals surface area (Å²) in [7, 11) is 2.07. The second-order valence-corrected chi connectivity index (χ2v) is 5.35. The number of nitrogens with two attached hydrogens (primary N) is 1. The maximum absolute atomic E-state index is 5.91. The SMILES string of the molecule is CCC(CC)N(C)c1ccc(N)c(OCC(C)C)n1. The van der Waals surface area contributed by atoms with Crippen molar-refractivity contribution in [3.63, 3.8) is 0 Å². The van der Waals surface area contributed by atoms with Crippen molar-refractivity contribution >= 4 is 11.5 Å². The van der Waals surface area contributed by atoms with E-state index in [2.05, 4.69) is 44.6 Å². The average molecular weight is 265 g/mol. The number of anilines is 2. The van der Waals surface area contributed by atoms with E-state index in [0.29, 0.717) is 30.1 Å². The number of hydrogen-bond acceptors (Lipinski definition) is 4. The fraction of sp³-hybridized carbons (Fsp3) is 0.667. The first-order chi connectivity index (χ1) is 8.99. The van der Waals surface area contributed by atoms with Gasteiger partial charge in [0.05, 0.1) is 12.3 Å². The van der Waals surface area contributed by atoms with Gasteiger partial charge in [-0.05, 0) is 30.9 Å². The monoisotopic (exact) mass is 265 g/mol. The highest BCUT2D eigenvalue weighted by Gasteiger charge is 2.14. The Hall–Kier alpha value is -1.45. The zero-order valence-corrected chi connectivity index (χ0v) is 12.8. The van der Waals surface area contributed by atoms with Crippen LogP contribution >= 0.6 is 0 Å². The van der Waals surface area contributed by atoms with Gasteiger partial charge in [-0.3, -0.25) is 0 Å². The number of ether oxygens (including phenoxy) is 1. The number of rotatable bonds is 7. The van der Waals surface area contributed by atoms with Crippen LogP contribution in [0.5, 0.6) is 5.88 Å². The molecule has 0 fully saturated rings. The smallest absolute Gasteiger partial charge is 0.239 e. The summed E-state index contributed by atoms with van der Waals surface area (Å²) >= 11 is 0. The second kappa shape index (κ2) is 7.22. The molecule has 0 saturated heterocycles. The maximum atomic E-state index is 5.91. The van der Waals surface area contributed by atoms with Crippen LogP contribution in [-0.4, -0.2) is 24.7 Å². The zero-order valence-electron chi connectivity index (χ0n) is 12.8. The predicted molar refractivity (Wildman–Crippen MR) is 81.8 cm³/mol. The first-order valence-corrected chi connectivity index (χ1v) is 7.11. The van der Waals surface area contributed by atoms with Gasteiger partial charge in [0.1, 0.15) is 5.82 Å². The Balaban J connectivity index is 2.88. The zero-order chi connectivity index (χ0) is 14.4. The van der Waals surface area contributed by atoms with Crippen molar-refractivity contribution in [3.8, 4) is 5.88 Å². The molecule has 0 aliphatic heterocycles. The molecule has 4 nitrogen and oxygen atoms in total. The lowest BCUT2D eigenvalue weighted by Crippen LogP contribution is -2.31. The molecule has 19 heavy (non-hydrogen) atoms. The number of nitrogens with zero attached hydrogens (tertiary/aromatic N) is 2. The Morgan fingerprint density at radius 2 is 1.89 bits per heavy atom. The molecule has 2 N–H and O–H groups in total. The van der Waals surface area contributed by atoms with Crippen molar-refractivity contribution in [3.05, 3.63) is 12.1 Å². The quantitative estimate of drug-likeness (QED) is 0.821. The summed E-state index contributed by atoms with van der Waals surface area (Å²) in [4.78, 5) is 6.74. The van der Waals surface area contributed by atoms with Gasteiger partial charge in [-0.25, -0.2) is 0 Å². The van der Waals surface area contributed by atoms with Crippen molar-refractivity contribution < 1.29 is 4.74 Å². The van der Waals surface area contributed by atoms with E-state index < -0.39 is 0 Å². The van der Waals surface area contributed by atoms with Crippen molar-refractivity contribution in [1.29, 1.82) is 0 Å². The number of hydrogen-bond donors (Lipinski definition) is 1. The highest BCUT2D eigenvalue weighted by molar-refractivity contribution is 5.54. The van der Waals surface area contributed by atoms with E-state index >= 15 is 0 Å². The van der Waals surface area contributed by atoms with Gasteiger partial charge in [-0.1, -0.05) is 27.7 Å². The topological polar surface area (TPSA) is 51.4 Å². The molecule has 0 saturated carbocycles. The summed E-state index contributed by atoms with van der Waals surface area (Å²) in [6.45, 7) is 9.23. The van der Waals surface area contributed by atoms with Crippen molar-refractivity contribution in [2.24, 2.45) is 5.92 Å². The lowest BCUT2D eigenvalue weighted by Gasteiger charge is -2.27. The molecule has 0 radical (unpaired) electrons. The van der Waals surface area contributed by atoms with E-state index in [1.54, 1.807) is 0 Å². The summed E-state index contributed by atoms with van der Waals surface area (Å²) in [5.41, 5.74) is 6.51. The van der Waals surface area contributed by atoms with Crippen molar-refractivity contribution in [2.45, 2.75) is 46.6 Å². The van der Waals surface area contributed by atoms with Crippen LogP contribution in [0.15, 0.2) is 12.1 Å². The minimum absolute atomic E-state index is 0.460. The Morgan fingerprint density at radius 3 is 2.42 bits per heavy atom. The minimum Gasteiger partial charge on any atom is -0.476 e. The van der Waals surface area contributed by atoms with Gasteiger partial charge in [-0.2, -0.15) is 4.98 Å². The molecule has 0 unspecified atom stereocenters. The number of nitrogen functional groups attached to an aromatic ring is 1. The summed E-state index contributed by atoms with van der Waals surface area (Å²) < 4.78 is 5.67. The second-order valence-electron chi connectivity index (χ2n) is 5.35. The molecule has 1 aromatic rings. The number of pyridine rings is 1. The van der Waals surface area contributed by atoms with E-state index in [-0.39, 0.29) is 0 Å². The van der Waals surface area contributed by atoms with Crippen LogP contribution in [0.25, 0.3) is 0 Å². The van der Waals surface area contributed by atoms with Gasteiger partial charge in [0, 0.05) is 13.1 Å². The third-order valence-corrected chi connectivity index (χ3v) is 3.28. The predicted octanol–water partition coefficient (Wildman–Crippen LogP) is 3.32. The summed E-state index contributed by atoms with van der Waals surface area (Å²) in [6.07, 6.45) is 2.20. The molecule has 4 heteroatoms. The van der Waals surface area contributed by atoms with Crippen molar-refractivity contribution in [1.82, 2.24) is 4.98 Å². The standard InChI is InChI=1S/C15H27N3O/c1-6-12(7-2)18(5)14-9-8-13(16)15(17-14)19-10-11(3)4/h8-9,11-12H,6-7,10,16H2,1-5H3. The molecule has 1 heterocycles. The Bertz CT molecular complexity index is 389. The molecule has 0 bridgehead atoms. The molecule has 0 atom stereocenters. The molecule has 0 aliphatic carbocycles. The van der Waals surface area contributed by atoms with Crippen molar-refractivity contribution in [2.75, 3.05) is 24.3 Å². The summed E-state index contributed by atoms with van der Waals surface area (Å²) in [5, 5.41) is 0. The van der Waals surface area contributed by atoms with Crippen LogP contribution in [0.3, 0.4) is 0 Å². The largest absolute Gasteiger partial charge is 0.476 e. The fourth-order valence-electron chi connectivity index (χ4n) is 2.02. The molecule has 0 spiro atoms. The van der Waals surface area contributed by atoms with E-state index in [1.807, 2.05) is 12.1 Å². The van der Waals surface area contributed by atoms with Crippen LogP contribution in [0, 0.1) is 5.92 Å². The Labute approximate surface area is 117 Å². The molecular formula is C15H27N3O. The highest BCUT2D eigenvalue weighted by Crippen LogP contribution is 2.25. The normalized spacial score (nSPS) is 11.1. The first-order valence-electron chi connectivity index (χ1n) is 7.11. The Kier molecular flexibility index (Phi) is 5.93. The van der Waals surface area contributed by atoms with E-state index in [0.717, 1.165) is 18.7 Å². The molecule has 108 valence electrons. The molecule has 0 aliphatic rings. The lowest BCUT2D eigenvalue weighted by molar-refractivity contribution is 0.263. The van der Waals surface area contributed by atoms with Gasteiger partial charge in [-0.15, -0.1) is 0 Å². The van der Waals surface area contributed by atoms with E-state index in [1.165, 1.54) is 0 Å². The number of aromatic nitrogens is 1. The highest BCUT2D eigenvalue weighted by atomic mass is 16.5. The average Bonchev–Trinajstić information content (AvgIpc) is 2.38. The fourth-order valence-corrected chi connectivity index (χ4v) is 2.02. The third-order valence-electron chi connectivity index (χ3n) is 3.28. The molecule has 1 rings (SSSR count). The molecule has 0 amide bonds. The molecule has 1 aromatic heterocycles. The summed E-state index contributed by atoms with van der Waals surface area (Å²) in [6, 6.07) is 4.32. The van der Waals surface area contributed by atoms with E-state index in [9.17, 15) is 0 Å². The lowest BCUT2D eigenvalue weighted by atomic mass is 10.1. The molecular weight excluding hydrogens is 238 g/mol. The van der Waals surface area contributed by atoms with Crippen LogP contribution < -0.4 is 15.4 Å². The minimum atomic E-state index is 0.460. The first kappa shape index (κ1) is 15.6. The van der Waals surface area contributed by atoms with Crippen LogP contribution in [0.4, 0.5) is 11.5 Å². The van der Waals surface area contributed by atoms with Crippen LogP contribution in [-0.2, 0) is 0 Å². The van der Waals surface area contributed by atoms with Crippen LogP contribution in [0.1, 0.15) is 40.5 Å². The van der Waals surface area contributed by atoms with Gasteiger partial charge in [0.15, 0.2) is 0 Å². The van der Waals surface area contributed by atoms with Gasteiger partial charge in [0.25, 0.3) is 0 Å². The molecule has 0 aromatic carbocycles.